The highest BCUT2D eigenvalue weighted by Gasteiger charge is 2.00. The van der Waals surface area contributed by atoms with Gasteiger partial charge in [-0.2, -0.15) is 0 Å². The van der Waals surface area contributed by atoms with Gasteiger partial charge in [0.2, 0.25) is 0 Å². The molecule has 1 aromatic carbocycles. The van der Waals surface area contributed by atoms with Gasteiger partial charge >= 0.3 is 0 Å². The summed E-state index contributed by atoms with van der Waals surface area (Å²) in [6.45, 7) is 4.73. The lowest BCUT2D eigenvalue weighted by Crippen LogP contribution is -2.04. The van der Waals surface area contributed by atoms with Crippen molar-refractivity contribution in [3.05, 3.63) is 53.3 Å². The molecule has 1 heterocycles. The van der Waals surface area contributed by atoms with Crippen molar-refractivity contribution in [3.63, 3.8) is 0 Å². The fourth-order valence-electron chi connectivity index (χ4n) is 1.71. The molecule has 0 radical (unpaired) electrons. The molecule has 0 aliphatic rings. The summed E-state index contributed by atoms with van der Waals surface area (Å²) in [6, 6.07) is 12.0. The molecule has 0 atom stereocenters. The molecule has 1 aromatic heterocycles. The molecule has 0 fully saturated rings. The number of nitrogen functional groups attached to an aromatic ring is 1. The zero-order valence-corrected chi connectivity index (χ0v) is 10.2. The number of hydrogen-bond donors (Lipinski definition) is 2. The van der Waals surface area contributed by atoms with Crippen LogP contribution in [0.3, 0.4) is 0 Å². The van der Waals surface area contributed by atoms with Crippen molar-refractivity contribution in [3.8, 4) is 0 Å². The molecule has 0 saturated carbocycles. The number of rotatable bonds is 3. The third-order valence-electron chi connectivity index (χ3n) is 2.61. The Hall–Kier alpha value is -2.03. The Morgan fingerprint density at radius 1 is 1.18 bits per heavy atom. The van der Waals surface area contributed by atoms with Crippen molar-refractivity contribution >= 4 is 11.4 Å². The molecule has 3 nitrogen and oxygen atoms in total. The Labute approximate surface area is 102 Å². The van der Waals surface area contributed by atoms with E-state index in [4.69, 9.17) is 5.73 Å². The van der Waals surface area contributed by atoms with Crippen LogP contribution in [0.5, 0.6) is 0 Å². The number of anilines is 2. The SMILES string of the molecule is Cc1ccc(N)c(NCc2cccc(C)n2)c1. The first kappa shape index (κ1) is 11.5. The molecule has 88 valence electrons. The summed E-state index contributed by atoms with van der Waals surface area (Å²) in [5.74, 6) is 0. The summed E-state index contributed by atoms with van der Waals surface area (Å²) in [6.07, 6.45) is 0. The van der Waals surface area contributed by atoms with E-state index in [1.807, 2.05) is 43.3 Å². The van der Waals surface area contributed by atoms with Gasteiger partial charge in [-0.1, -0.05) is 12.1 Å². The third kappa shape index (κ3) is 2.97. The number of hydrogen-bond acceptors (Lipinski definition) is 3. The van der Waals surface area contributed by atoms with Gasteiger partial charge in [0.25, 0.3) is 0 Å². The van der Waals surface area contributed by atoms with Gasteiger partial charge in [-0.25, -0.2) is 0 Å². The number of nitrogens with zero attached hydrogens (tertiary/aromatic N) is 1. The second-order valence-electron chi connectivity index (χ2n) is 4.21. The van der Waals surface area contributed by atoms with Crippen molar-refractivity contribution in [2.75, 3.05) is 11.1 Å². The van der Waals surface area contributed by atoms with Crippen LogP contribution in [-0.4, -0.2) is 4.98 Å². The highest BCUT2D eigenvalue weighted by Crippen LogP contribution is 2.20. The number of aromatic nitrogens is 1. The lowest BCUT2D eigenvalue weighted by molar-refractivity contribution is 1.02. The molecule has 2 rings (SSSR count). The van der Waals surface area contributed by atoms with E-state index >= 15 is 0 Å². The molecule has 0 aliphatic heterocycles. The number of benzene rings is 1. The molecule has 3 heteroatoms. The van der Waals surface area contributed by atoms with Crippen LogP contribution < -0.4 is 11.1 Å². The van der Waals surface area contributed by atoms with Crippen LogP contribution in [0, 0.1) is 13.8 Å². The maximum atomic E-state index is 5.90. The van der Waals surface area contributed by atoms with Crippen molar-refractivity contribution in [2.45, 2.75) is 20.4 Å². The van der Waals surface area contributed by atoms with Crippen LogP contribution in [0.4, 0.5) is 11.4 Å². The van der Waals surface area contributed by atoms with E-state index in [0.29, 0.717) is 6.54 Å². The van der Waals surface area contributed by atoms with E-state index in [-0.39, 0.29) is 0 Å². The Bertz CT molecular complexity index is 521. The Morgan fingerprint density at radius 3 is 2.76 bits per heavy atom. The van der Waals surface area contributed by atoms with E-state index < -0.39 is 0 Å². The minimum absolute atomic E-state index is 0.690. The molecule has 0 spiro atoms. The Kier molecular flexibility index (Phi) is 3.28. The van der Waals surface area contributed by atoms with Crippen LogP contribution in [0.1, 0.15) is 17.0 Å². The van der Waals surface area contributed by atoms with Crippen LogP contribution >= 0.6 is 0 Å². The second-order valence-corrected chi connectivity index (χ2v) is 4.21. The molecular formula is C14H17N3. The fraction of sp³-hybridized carbons (Fsp3) is 0.214. The first-order valence-electron chi connectivity index (χ1n) is 5.68. The quantitative estimate of drug-likeness (QED) is 0.793. The highest BCUT2D eigenvalue weighted by atomic mass is 14.9. The fourth-order valence-corrected chi connectivity index (χ4v) is 1.71. The molecule has 0 saturated heterocycles. The zero-order chi connectivity index (χ0) is 12.3. The first-order valence-corrected chi connectivity index (χ1v) is 5.68. The van der Waals surface area contributed by atoms with E-state index in [1.165, 1.54) is 5.56 Å². The van der Waals surface area contributed by atoms with E-state index in [2.05, 4.69) is 17.2 Å². The molecule has 0 unspecified atom stereocenters. The van der Waals surface area contributed by atoms with Crippen LogP contribution in [0.25, 0.3) is 0 Å². The average Bonchev–Trinajstić information content (AvgIpc) is 2.30. The molecular weight excluding hydrogens is 210 g/mol. The van der Waals surface area contributed by atoms with Gasteiger partial charge in [-0.3, -0.25) is 4.98 Å². The van der Waals surface area contributed by atoms with Gasteiger partial charge in [0, 0.05) is 5.69 Å². The third-order valence-corrected chi connectivity index (χ3v) is 2.61. The van der Waals surface area contributed by atoms with Crippen LogP contribution in [0.2, 0.25) is 0 Å². The second kappa shape index (κ2) is 4.87. The molecule has 0 bridgehead atoms. The number of aryl methyl sites for hydroxylation is 2. The summed E-state index contributed by atoms with van der Waals surface area (Å²) >= 11 is 0. The molecule has 17 heavy (non-hydrogen) atoms. The van der Waals surface area contributed by atoms with E-state index in [9.17, 15) is 0 Å². The summed E-state index contributed by atoms with van der Waals surface area (Å²) in [4.78, 5) is 4.44. The molecule has 2 aromatic rings. The van der Waals surface area contributed by atoms with E-state index in [0.717, 1.165) is 22.8 Å². The van der Waals surface area contributed by atoms with Crippen molar-refractivity contribution in [2.24, 2.45) is 0 Å². The maximum absolute atomic E-state index is 5.90. The minimum Gasteiger partial charge on any atom is -0.397 e. The molecule has 0 aliphatic carbocycles. The Balaban J connectivity index is 2.09. The number of nitrogens with one attached hydrogen (secondary N) is 1. The highest BCUT2D eigenvalue weighted by molar-refractivity contribution is 5.66. The number of pyridine rings is 1. The maximum Gasteiger partial charge on any atom is 0.0597 e. The molecule has 3 N–H and O–H groups in total. The first-order chi connectivity index (χ1) is 8.15. The van der Waals surface area contributed by atoms with E-state index in [1.54, 1.807) is 0 Å². The number of nitrogens with two attached hydrogens (primary N) is 1. The summed E-state index contributed by atoms with van der Waals surface area (Å²) in [7, 11) is 0. The van der Waals surface area contributed by atoms with Crippen LogP contribution in [-0.2, 0) is 6.54 Å². The standard InChI is InChI=1S/C14H17N3/c1-10-6-7-13(15)14(8-10)16-9-12-5-3-4-11(2)17-12/h3-8,16H,9,15H2,1-2H3. The predicted octanol–water partition coefficient (Wildman–Crippen LogP) is 2.89. The summed E-state index contributed by atoms with van der Waals surface area (Å²) < 4.78 is 0. The normalized spacial score (nSPS) is 10.2. The van der Waals surface area contributed by atoms with Gasteiger partial charge in [-0.15, -0.1) is 0 Å². The topological polar surface area (TPSA) is 50.9 Å². The van der Waals surface area contributed by atoms with Gasteiger partial charge in [0.05, 0.1) is 23.6 Å². The summed E-state index contributed by atoms with van der Waals surface area (Å²) in [5.41, 5.74) is 10.9. The zero-order valence-electron chi connectivity index (χ0n) is 10.2. The summed E-state index contributed by atoms with van der Waals surface area (Å²) in [5, 5.41) is 3.31. The molecule has 0 amide bonds. The van der Waals surface area contributed by atoms with Gasteiger partial charge in [0.15, 0.2) is 0 Å². The Morgan fingerprint density at radius 2 is 2.00 bits per heavy atom. The smallest absolute Gasteiger partial charge is 0.0597 e. The van der Waals surface area contributed by atoms with Gasteiger partial charge in [0.1, 0.15) is 0 Å². The van der Waals surface area contributed by atoms with Crippen molar-refractivity contribution < 1.29 is 0 Å². The average molecular weight is 227 g/mol. The monoisotopic (exact) mass is 227 g/mol. The van der Waals surface area contributed by atoms with Crippen molar-refractivity contribution in [1.82, 2.24) is 4.98 Å². The lowest BCUT2D eigenvalue weighted by Gasteiger charge is -2.10. The van der Waals surface area contributed by atoms with Crippen molar-refractivity contribution in [1.29, 1.82) is 0 Å². The van der Waals surface area contributed by atoms with Crippen LogP contribution in [0.15, 0.2) is 36.4 Å². The van der Waals surface area contributed by atoms with Gasteiger partial charge in [-0.05, 0) is 43.7 Å². The lowest BCUT2D eigenvalue weighted by atomic mass is 10.2. The predicted molar refractivity (Wildman–Crippen MR) is 71.9 cm³/mol. The largest absolute Gasteiger partial charge is 0.397 e. The van der Waals surface area contributed by atoms with Gasteiger partial charge < -0.3 is 11.1 Å². The minimum atomic E-state index is 0.690.